The fourth-order valence-corrected chi connectivity index (χ4v) is 4.21. The molecule has 1 N–H and O–H groups in total. The number of rotatable bonds is 5. The topological polar surface area (TPSA) is 85.1 Å². The Balaban J connectivity index is 1.87. The van der Waals surface area contributed by atoms with E-state index in [0.717, 1.165) is 44.1 Å². The van der Waals surface area contributed by atoms with E-state index in [1.807, 2.05) is 18.2 Å². The van der Waals surface area contributed by atoms with Gasteiger partial charge in [0.05, 0.1) is 0 Å². The molecule has 7 heteroatoms. The molecule has 1 fully saturated rings. The number of carbonyl (C=O) groups is 1. The van der Waals surface area contributed by atoms with Crippen LogP contribution in [-0.2, 0) is 22.1 Å². The number of amides is 1. The van der Waals surface area contributed by atoms with E-state index in [1.165, 1.54) is 0 Å². The Kier molecular flexibility index (Phi) is 5.86. The lowest BCUT2D eigenvalue weighted by Crippen LogP contribution is -2.46. The number of nitrogens with zero attached hydrogens (tertiary/aromatic N) is 2. The van der Waals surface area contributed by atoms with Crippen LogP contribution in [0.4, 0.5) is 0 Å². The van der Waals surface area contributed by atoms with Crippen molar-refractivity contribution in [3.8, 4) is 0 Å². The molecule has 6 nitrogen and oxygen atoms in total. The Labute approximate surface area is 156 Å². The number of nitrogens with one attached hydrogen (secondary N) is 1. The van der Waals surface area contributed by atoms with E-state index in [9.17, 15) is 9.00 Å². The maximum atomic E-state index is 13.0. The zero-order valence-electron chi connectivity index (χ0n) is 15.3. The summed E-state index contributed by atoms with van der Waals surface area (Å²) in [5.74, 6) is 1.36. The molecule has 140 valence electrons. The van der Waals surface area contributed by atoms with E-state index in [-0.39, 0.29) is 5.91 Å². The van der Waals surface area contributed by atoms with Crippen molar-refractivity contribution in [3.63, 3.8) is 0 Å². The number of carbonyl (C=O) groups excluding carboxylic acids is 1. The van der Waals surface area contributed by atoms with Gasteiger partial charge in [-0.15, -0.1) is 0 Å². The van der Waals surface area contributed by atoms with Crippen LogP contribution in [0.3, 0.4) is 0 Å². The minimum Gasteiger partial charge on any atom is -0.340 e. The predicted octanol–water partition coefficient (Wildman–Crippen LogP) is 3.24. The van der Waals surface area contributed by atoms with E-state index in [2.05, 4.69) is 15.5 Å². The van der Waals surface area contributed by atoms with Gasteiger partial charge in [0, 0.05) is 35.3 Å². The predicted molar refractivity (Wildman–Crippen MR) is 100 cm³/mol. The van der Waals surface area contributed by atoms with Gasteiger partial charge in [-0.2, -0.15) is 4.98 Å². The quantitative estimate of drug-likeness (QED) is 0.811. The van der Waals surface area contributed by atoms with Crippen LogP contribution in [0.25, 0.3) is 0 Å². The zero-order valence-corrected chi connectivity index (χ0v) is 16.1. The molecule has 26 heavy (non-hydrogen) atoms. The fraction of sp³-hybridized carbons (Fsp3) is 0.526. The molecule has 1 aliphatic carbocycles. The van der Waals surface area contributed by atoms with E-state index in [4.69, 9.17) is 4.52 Å². The minimum atomic E-state index is -0.946. The summed E-state index contributed by atoms with van der Waals surface area (Å²) >= 11 is 0. The van der Waals surface area contributed by atoms with Crippen LogP contribution < -0.4 is 5.32 Å². The van der Waals surface area contributed by atoms with Gasteiger partial charge in [0.25, 0.3) is 5.91 Å². The molecule has 1 amide bonds. The Morgan fingerprint density at radius 1 is 1.27 bits per heavy atom. The molecular formula is C19H25N3O3S. The molecular weight excluding hydrogens is 350 g/mol. The highest BCUT2D eigenvalue weighted by Gasteiger charge is 2.39. The van der Waals surface area contributed by atoms with Crippen molar-refractivity contribution < 1.29 is 13.5 Å². The molecule has 1 heterocycles. The Hall–Kier alpha value is -2.02. The molecule has 2 aromatic rings. The molecule has 1 saturated carbocycles. The van der Waals surface area contributed by atoms with Crippen molar-refractivity contribution in [1.29, 1.82) is 0 Å². The second kappa shape index (κ2) is 8.12. The van der Waals surface area contributed by atoms with Gasteiger partial charge in [-0.1, -0.05) is 43.0 Å². The first-order valence-electron chi connectivity index (χ1n) is 9.01. The SMILES string of the molecule is Cc1nc(C2(NC(=O)c3cccc(C[S@@](C)=O)c3)CCCCCC2)no1. The number of hydrogen-bond acceptors (Lipinski definition) is 5. The van der Waals surface area contributed by atoms with Gasteiger partial charge in [0.2, 0.25) is 5.89 Å². The second-order valence-electron chi connectivity index (χ2n) is 7.01. The zero-order chi connectivity index (χ0) is 18.6. The molecule has 0 spiro atoms. The van der Waals surface area contributed by atoms with Crippen molar-refractivity contribution in [1.82, 2.24) is 15.5 Å². The van der Waals surface area contributed by atoms with Crippen LogP contribution in [0.5, 0.6) is 0 Å². The van der Waals surface area contributed by atoms with Crippen LogP contribution in [-0.4, -0.2) is 26.5 Å². The maximum absolute atomic E-state index is 13.0. The molecule has 1 aromatic heterocycles. The van der Waals surface area contributed by atoms with Gasteiger partial charge >= 0.3 is 0 Å². The second-order valence-corrected chi connectivity index (χ2v) is 8.44. The molecule has 0 radical (unpaired) electrons. The van der Waals surface area contributed by atoms with Gasteiger partial charge in [-0.25, -0.2) is 0 Å². The van der Waals surface area contributed by atoms with Crippen molar-refractivity contribution in [2.75, 3.05) is 6.26 Å². The average molecular weight is 375 g/mol. The average Bonchev–Trinajstić information content (AvgIpc) is 2.90. The molecule has 1 atom stereocenters. The monoisotopic (exact) mass is 375 g/mol. The summed E-state index contributed by atoms with van der Waals surface area (Å²) in [5.41, 5.74) is 0.871. The van der Waals surface area contributed by atoms with E-state index >= 15 is 0 Å². The highest BCUT2D eigenvalue weighted by atomic mass is 32.2. The fourth-order valence-electron chi connectivity index (χ4n) is 3.56. The largest absolute Gasteiger partial charge is 0.340 e. The van der Waals surface area contributed by atoms with Crippen molar-refractivity contribution in [2.24, 2.45) is 0 Å². The third-order valence-electron chi connectivity index (χ3n) is 4.82. The molecule has 1 aliphatic rings. The summed E-state index contributed by atoms with van der Waals surface area (Å²) in [7, 11) is -0.946. The first-order chi connectivity index (χ1) is 12.5. The van der Waals surface area contributed by atoms with Gasteiger partial charge in [-0.3, -0.25) is 9.00 Å². The van der Waals surface area contributed by atoms with Gasteiger partial charge in [0.15, 0.2) is 5.82 Å². The first-order valence-corrected chi connectivity index (χ1v) is 10.7. The van der Waals surface area contributed by atoms with Crippen LogP contribution >= 0.6 is 0 Å². The lowest BCUT2D eigenvalue weighted by atomic mass is 9.88. The molecule has 0 aliphatic heterocycles. The van der Waals surface area contributed by atoms with E-state index in [0.29, 0.717) is 23.0 Å². The molecule has 3 rings (SSSR count). The minimum absolute atomic E-state index is 0.155. The normalized spacial score (nSPS) is 18.1. The smallest absolute Gasteiger partial charge is 0.252 e. The molecule has 1 aromatic carbocycles. The van der Waals surface area contributed by atoms with Gasteiger partial charge in [-0.05, 0) is 30.5 Å². The lowest BCUT2D eigenvalue weighted by molar-refractivity contribution is 0.0876. The standard InChI is InChI=1S/C19H25N3O3S/c1-14-20-18(22-25-14)19(10-5-3-4-6-11-19)21-17(23)16-9-7-8-15(12-16)13-26(2)24/h7-9,12H,3-6,10-11,13H2,1-2H3,(H,21,23)/t26-/m1/s1. The summed E-state index contributed by atoms with van der Waals surface area (Å²) < 4.78 is 16.7. The van der Waals surface area contributed by atoms with Gasteiger partial charge in [0.1, 0.15) is 5.54 Å². The number of aromatic nitrogens is 2. The van der Waals surface area contributed by atoms with Crippen LogP contribution in [0.15, 0.2) is 28.8 Å². The Morgan fingerprint density at radius 2 is 2.00 bits per heavy atom. The van der Waals surface area contributed by atoms with Crippen molar-refractivity contribution in [3.05, 3.63) is 47.1 Å². The molecule has 0 unspecified atom stereocenters. The summed E-state index contributed by atoms with van der Waals surface area (Å²) in [6.07, 6.45) is 7.59. The Morgan fingerprint density at radius 3 is 2.62 bits per heavy atom. The summed E-state index contributed by atoms with van der Waals surface area (Å²) in [6, 6.07) is 7.31. The van der Waals surface area contributed by atoms with Crippen molar-refractivity contribution in [2.45, 2.75) is 56.7 Å². The Bertz CT molecular complexity index is 795. The highest BCUT2D eigenvalue weighted by Crippen LogP contribution is 2.35. The maximum Gasteiger partial charge on any atom is 0.252 e. The van der Waals surface area contributed by atoms with Gasteiger partial charge < -0.3 is 9.84 Å². The van der Waals surface area contributed by atoms with Crippen molar-refractivity contribution >= 4 is 16.7 Å². The van der Waals surface area contributed by atoms with Crippen LogP contribution in [0.1, 0.15) is 66.2 Å². The summed E-state index contributed by atoms with van der Waals surface area (Å²) in [5, 5.41) is 7.31. The number of hydrogen-bond donors (Lipinski definition) is 1. The summed E-state index contributed by atoms with van der Waals surface area (Å²) in [4.78, 5) is 17.4. The van der Waals surface area contributed by atoms with Crippen LogP contribution in [0, 0.1) is 6.92 Å². The molecule has 0 bridgehead atoms. The number of benzene rings is 1. The molecule has 0 saturated heterocycles. The third-order valence-corrected chi connectivity index (χ3v) is 5.56. The summed E-state index contributed by atoms with van der Waals surface area (Å²) in [6.45, 7) is 1.76. The third kappa shape index (κ3) is 4.38. The van der Waals surface area contributed by atoms with Crippen LogP contribution in [0.2, 0.25) is 0 Å². The number of aryl methyl sites for hydroxylation is 1. The van der Waals surface area contributed by atoms with E-state index < -0.39 is 16.3 Å². The lowest BCUT2D eigenvalue weighted by Gasteiger charge is -2.30. The first kappa shape index (κ1) is 18.8. The van der Waals surface area contributed by atoms with E-state index in [1.54, 1.807) is 19.2 Å². The highest BCUT2D eigenvalue weighted by molar-refractivity contribution is 7.83.